The lowest BCUT2D eigenvalue weighted by Gasteiger charge is -2.36. The van der Waals surface area contributed by atoms with Crippen LogP contribution in [0.25, 0.3) is 11.3 Å². The molecular formula is C30H40N6O2. The minimum absolute atomic E-state index is 0.106. The van der Waals surface area contributed by atoms with Gasteiger partial charge in [0.2, 0.25) is 5.91 Å². The van der Waals surface area contributed by atoms with Crippen LogP contribution in [0.4, 0.5) is 5.69 Å². The number of nitrogens with zero attached hydrogens (tertiary/aromatic N) is 3. The fourth-order valence-corrected chi connectivity index (χ4v) is 5.88. The van der Waals surface area contributed by atoms with E-state index in [1.54, 1.807) is 24.7 Å². The number of amides is 1. The molecule has 0 saturated heterocycles. The number of anilines is 1. The highest BCUT2D eigenvalue weighted by Gasteiger charge is 2.28. The van der Waals surface area contributed by atoms with Gasteiger partial charge < -0.3 is 20.9 Å². The second kappa shape index (κ2) is 11.5. The SMILES string of the molecule is Cc1cc(C)c(Cc2c(-c3cnccn3)cc(C(N)=O)c(C)c2NC(C)C2CCC(N(C)C)CC2)c(=O)[nH]1. The monoisotopic (exact) mass is 516 g/mol. The van der Waals surface area contributed by atoms with Crippen LogP contribution in [0.2, 0.25) is 0 Å². The molecule has 1 fully saturated rings. The first kappa shape index (κ1) is 27.5. The van der Waals surface area contributed by atoms with E-state index in [9.17, 15) is 9.59 Å². The van der Waals surface area contributed by atoms with Gasteiger partial charge in [0.1, 0.15) is 0 Å². The van der Waals surface area contributed by atoms with Gasteiger partial charge in [-0.2, -0.15) is 0 Å². The zero-order valence-electron chi connectivity index (χ0n) is 23.4. The molecule has 1 unspecified atom stereocenters. The summed E-state index contributed by atoms with van der Waals surface area (Å²) in [4.78, 5) is 39.7. The summed E-state index contributed by atoms with van der Waals surface area (Å²) in [6, 6.07) is 4.58. The maximum atomic E-state index is 13.1. The number of rotatable bonds is 8. The predicted molar refractivity (Wildman–Crippen MR) is 153 cm³/mol. The van der Waals surface area contributed by atoms with E-state index in [0.717, 1.165) is 46.5 Å². The van der Waals surface area contributed by atoms with Crippen molar-refractivity contribution in [2.24, 2.45) is 11.7 Å². The van der Waals surface area contributed by atoms with Crippen LogP contribution >= 0.6 is 0 Å². The summed E-state index contributed by atoms with van der Waals surface area (Å²) in [5, 5.41) is 3.79. The van der Waals surface area contributed by atoms with Crippen molar-refractivity contribution < 1.29 is 4.79 Å². The van der Waals surface area contributed by atoms with E-state index in [2.05, 4.69) is 46.2 Å². The minimum atomic E-state index is -0.495. The van der Waals surface area contributed by atoms with Gasteiger partial charge in [-0.15, -0.1) is 0 Å². The van der Waals surface area contributed by atoms with Crippen LogP contribution < -0.4 is 16.6 Å². The summed E-state index contributed by atoms with van der Waals surface area (Å²) in [5.74, 6) is 0.00548. The third-order valence-electron chi connectivity index (χ3n) is 8.20. The average Bonchev–Trinajstić information content (AvgIpc) is 2.88. The molecule has 3 aromatic rings. The topological polar surface area (TPSA) is 117 Å². The molecule has 1 atom stereocenters. The molecule has 0 bridgehead atoms. The van der Waals surface area contributed by atoms with Crippen LogP contribution in [0, 0.1) is 26.7 Å². The molecule has 1 aliphatic carbocycles. The predicted octanol–water partition coefficient (Wildman–Crippen LogP) is 4.37. The smallest absolute Gasteiger partial charge is 0.251 e. The van der Waals surface area contributed by atoms with Gasteiger partial charge in [0.05, 0.1) is 11.9 Å². The number of pyridine rings is 1. The highest BCUT2D eigenvalue weighted by Crippen LogP contribution is 2.37. The number of carbonyl (C=O) groups excluding carboxylic acids is 1. The first-order valence-electron chi connectivity index (χ1n) is 13.4. The first-order valence-corrected chi connectivity index (χ1v) is 13.4. The number of benzene rings is 1. The Labute approximate surface area is 225 Å². The van der Waals surface area contributed by atoms with E-state index in [0.29, 0.717) is 35.2 Å². The summed E-state index contributed by atoms with van der Waals surface area (Å²) in [6.45, 7) is 7.98. The van der Waals surface area contributed by atoms with Crippen molar-refractivity contribution in [3.63, 3.8) is 0 Å². The molecule has 2 aromatic heterocycles. The van der Waals surface area contributed by atoms with E-state index in [4.69, 9.17) is 5.73 Å². The van der Waals surface area contributed by atoms with E-state index in [1.807, 2.05) is 26.8 Å². The fourth-order valence-electron chi connectivity index (χ4n) is 5.88. The maximum absolute atomic E-state index is 13.1. The Kier molecular flexibility index (Phi) is 8.31. The van der Waals surface area contributed by atoms with E-state index in [1.165, 1.54) is 12.8 Å². The summed E-state index contributed by atoms with van der Waals surface area (Å²) in [5.41, 5.74) is 12.6. The molecule has 1 amide bonds. The Hall–Kier alpha value is -3.52. The molecular weight excluding hydrogens is 476 g/mol. The van der Waals surface area contributed by atoms with Gasteiger partial charge in [0.25, 0.3) is 5.56 Å². The number of aryl methyl sites for hydroxylation is 2. The van der Waals surface area contributed by atoms with Crippen LogP contribution in [0.1, 0.15) is 70.9 Å². The molecule has 0 aliphatic heterocycles. The molecule has 0 spiro atoms. The van der Waals surface area contributed by atoms with Crippen molar-refractivity contribution in [1.82, 2.24) is 19.9 Å². The molecule has 4 rings (SSSR count). The summed E-state index contributed by atoms with van der Waals surface area (Å²) in [6.07, 6.45) is 9.91. The Balaban J connectivity index is 1.83. The normalized spacial score (nSPS) is 18.4. The number of hydrogen-bond donors (Lipinski definition) is 3. The number of aromatic amines is 1. The van der Waals surface area contributed by atoms with Gasteiger partial charge >= 0.3 is 0 Å². The Morgan fingerprint density at radius 3 is 2.42 bits per heavy atom. The largest absolute Gasteiger partial charge is 0.382 e. The third kappa shape index (κ3) is 5.80. The number of nitrogens with one attached hydrogen (secondary N) is 2. The van der Waals surface area contributed by atoms with E-state index < -0.39 is 5.91 Å². The zero-order valence-corrected chi connectivity index (χ0v) is 23.4. The lowest BCUT2D eigenvalue weighted by molar-refractivity contribution is 0.0999. The molecule has 1 aliphatic rings. The first-order chi connectivity index (χ1) is 18.1. The van der Waals surface area contributed by atoms with Crippen molar-refractivity contribution in [2.75, 3.05) is 19.4 Å². The van der Waals surface area contributed by atoms with Crippen LogP contribution in [0.15, 0.2) is 35.5 Å². The van der Waals surface area contributed by atoms with Gasteiger partial charge in [-0.25, -0.2) is 0 Å². The summed E-state index contributed by atoms with van der Waals surface area (Å²) < 4.78 is 0. The van der Waals surface area contributed by atoms with Crippen molar-refractivity contribution in [3.05, 3.63) is 74.6 Å². The van der Waals surface area contributed by atoms with Gasteiger partial charge in [-0.3, -0.25) is 19.6 Å². The fraction of sp³-hybridized carbons (Fsp3) is 0.467. The molecule has 1 aromatic carbocycles. The number of hydrogen-bond acceptors (Lipinski definition) is 6. The van der Waals surface area contributed by atoms with Crippen LogP contribution in [0.3, 0.4) is 0 Å². The second-order valence-corrected chi connectivity index (χ2v) is 11.0. The Bertz CT molecular complexity index is 1360. The zero-order chi connectivity index (χ0) is 27.6. The van der Waals surface area contributed by atoms with E-state index in [-0.39, 0.29) is 11.6 Å². The van der Waals surface area contributed by atoms with Gasteiger partial charge in [-0.05, 0) is 102 Å². The molecule has 0 radical (unpaired) electrons. The molecule has 1 saturated carbocycles. The number of carbonyl (C=O) groups is 1. The van der Waals surface area contributed by atoms with Crippen LogP contribution in [0.5, 0.6) is 0 Å². The number of aromatic nitrogens is 3. The van der Waals surface area contributed by atoms with Crippen LogP contribution in [-0.2, 0) is 6.42 Å². The molecule has 2 heterocycles. The quantitative estimate of drug-likeness (QED) is 0.409. The second-order valence-electron chi connectivity index (χ2n) is 11.0. The highest BCUT2D eigenvalue weighted by atomic mass is 16.1. The lowest BCUT2D eigenvalue weighted by Crippen LogP contribution is -2.37. The van der Waals surface area contributed by atoms with Crippen molar-refractivity contribution in [1.29, 1.82) is 0 Å². The molecule has 38 heavy (non-hydrogen) atoms. The van der Waals surface area contributed by atoms with Crippen molar-refractivity contribution in [2.45, 2.75) is 71.9 Å². The maximum Gasteiger partial charge on any atom is 0.251 e. The van der Waals surface area contributed by atoms with Crippen LogP contribution in [-0.4, -0.2) is 51.9 Å². The summed E-state index contributed by atoms with van der Waals surface area (Å²) >= 11 is 0. The average molecular weight is 517 g/mol. The highest BCUT2D eigenvalue weighted by molar-refractivity contribution is 5.98. The van der Waals surface area contributed by atoms with Gasteiger partial charge in [-0.1, -0.05) is 0 Å². The number of nitrogens with two attached hydrogens (primary N) is 1. The molecule has 8 heteroatoms. The van der Waals surface area contributed by atoms with Gasteiger partial charge in [0, 0.05) is 59.0 Å². The van der Waals surface area contributed by atoms with E-state index >= 15 is 0 Å². The van der Waals surface area contributed by atoms with Gasteiger partial charge in [0.15, 0.2) is 0 Å². The molecule has 8 nitrogen and oxygen atoms in total. The molecule has 202 valence electrons. The summed E-state index contributed by atoms with van der Waals surface area (Å²) in [7, 11) is 4.31. The minimum Gasteiger partial charge on any atom is -0.382 e. The molecule has 4 N–H and O–H groups in total. The number of H-pyrrole nitrogens is 1. The standard InChI is InChI=1S/C30H40N6O2/c1-17-13-18(2)34-30(38)23(17)14-26-25(27-16-32-11-12-33-27)15-24(29(31)37)19(3)28(26)35-20(4)21-7-9-22(10-8-21)36(5)6/h11-13,15-16,20-22,35H,7-10,14H2,1-6H3,(H2,31,37)(H,34,38). The lowest BCUT2D eigenvalue weighted by atomic mass is 9.81. The third-order valence-corrected chi connectivity index (χ3v) is 8.20. The Morgan fingerprint density at radius 2 is 1.84 bits per heavy atom. The number of primary amides is 1. The van der Waals surface area contributed by atoms with Crippen molar-refractivity contribution in [3.8, 4) is 11.3 Å². The van der Waals surface area contributed by atoms with Crippen molar-refractivity contribution >= 4 is 11.6 Å². The Morgan fingerprint density at radius 1 is 1.13 bits per heavy atom.